The highest BCUT2D eigenvalue weighted by atomic mass is 35.5. The van der Waals surface area contributed by atoms with Gasteiger partial charge < -0.3 is 0 Å². The van der Waals surface area contributed by atoms with Crippen LogP contribution in [0.5, 0.6) is 0 Å². The van der Waals surface area contributed by atoms with Crippen LogP contribution in [0.15, 0.2) is 71.2 Å². The molecule has 0 fully saturated rings. The molecule has 1 heterocycles. The summed E-state index contributed by atoms with van der Waals surface area (Å²) in [6.45, 7) is 0.385. The van der Waals surface area contributed by atoms with Gasteiger partial charge in [-0.15, -0.1) is 0 Å². The Morgan fingerprint density at radius 1 is 0.750 bits per heavy atom. The molecule has 0 aliphatic carbocycles. The molecule has 1 aromatic heterocycles. The molecule has 0 aliphatic heterocycles. The van der Waals surface area contributed by atoms with Crippen LogP contribution >= 0.6 is 34.8 Å². The molecule has 3 aromatic rings. The van der Waals surface area contributed by atoms with Gasteiger partial charge in [-0.3, -0.25) is 4.98 Å². The van der Waals surface area contributed by atoms with Gasteiger partial charge in [-0.05, 0) is 17.2 Å². The van der Waals surface area contributed by atoms with Crippen LogP contribution in [0.1, 0.15) is 5.56 Å². The van der Waals surface area contributed by atoms with Gasteiger partial charge in [0.25, 0.3) is 0 Å². The summed E-state index contributed by atoms with van der Waals surface area (Å²) < 4.78 is 0. The highest BCUT2D eigenvalue weighted by Crippen LogP contribution is 2.33. The third-order valence-electron chi connectivity index (χ3n) is 3.42. The molecule has 24 heavy (non-hydrogen) atoms. The largest absolute Gasteiger partial charge is 0.261 e. The Kier molecular flexibility index (Phi) is 5.46. The molecule has 3 nitrogen and oxygen atoms in total. The Labute approximate surface area is 154 Å². The van der Waals surface area contributed by atoms with Crippen molar-refractivity contribution in [2.45, 2.75) is 6.54 Å². The molecule has 0 saturated heterocycles. The van der Waals surface area contributed by atoms with Crippen molar-refractivity contribution in [2.75, 3.05) is 0 Å². The minimum atomic E-state index is 0.366. The van der Waals surface area contributed by atoms with Crippen molar-refractivity contribution in [3.8, 4) is 11.1 Å². The van der Waals surface area contributed by atoms with Crippen LogP contribution in [0.2, 0.25) is 15.1 Å². The van der Waals surface area contributed by atoms with E-state index in [2.05, 4.69) is 15.2 Å². The van der Waals surface area contributed by atoms with Gasteiger partial charge in [0.05, 0.1) is 16.6 Å². The second kappa shape index (κ2) is 7.75. The van der Waals surface area contributed by atoms with E-state index in [1.54, 1.807) is 0 Å². The third-order valence-corrected chi connectivity index (χ3v) is 4.30. The highest BCUT2D eigenvalue weighted by Gasteiger charge is 2.08. The lowest BCUT2D eigenvalue weighted by molar-refractivity contribution is 0.960. The van der Waals surface area contributed by atoms with Crippen LogP contribution in [0, 0.1) is 0 Å². The molecule has 2 aromatic carbocycles. The molecule has 0 amide bonds. The summed E-state index contributed by atoms with van der Waals surface area (Å²) in [5.74, 6) is 0. The molecule has 0 radical (unpaired) electrons. The van der Waals surface area contributed by atoms with Crippen LogP contribution in [-0.2, 0) is 6.54 Å². The number of halogens is 3. The van der Waals surface area contributed by atoms with E-state index in [4.69, 9.17) is 34.8 Å². The minimum Gasteiger partial charge on any atom is -0.261 e. The lowest BCUT2D eigenvalue weighted by Crippen LogP contribution is -1.88. The molecule has 0 spiro atoms. The van der Waals surface area contributed by atoms with Gasteiger partial charge >= 0.3 is 0 Å². The van der Waals surface area contributed by atoms with E-state index < -0.39 is 0 Å². The van der Waals surface area contributed by atoms with E-state index in [9.17, 15) is 0 Å². The van der Waals surface area contributed by atoms with Gasteiger partial charge in [-0.1, -0.05) is 77.3 Å². The fourth-order valence-electron chi connectivity index (χ4n) is 2.28. The normalized spacial score (nSPS) is 11.1. The number of nitrogens with zero attached hydrogens (tertiary/aromatic N) is 3. The zero-order chi connectivity index (χ0) is 16.9. The number of benzene rings is 2. The molecular weight excluding hydrogens is 365 g/mol. The van der Waals surface area contributed by atoms with Crippen molar-refractivity contribution in [3.05, 3.63) is 81.6 Å². The van der Waals surface area contributed by atoms with E-state index in [0.717, 1.165) is 16.7 Å². The molecule has 3 rings (SSSR count). The monoisotopic (exact) mass is 375 g/mol. The Bertz CT molecular complexity index is 874. The summed E-state index contributed by atoms with van der Waals surface area (Å²) in [4.78, 5) is 3.89. The van der Waals surface area contributed by atoms with E-state index in [1.165, 1.54) is 12.4 Å². The lowest BCUT2D eigenvalue weighted by atomic mass is 10.00. The molecular formula is C18H12Cl3N3. The number of aromatic nitrogens is 1. The van der Waals surface area contributed by atoms with Crippen molar-refractivity contribution in [3.63, 3.8) is 0 Å². The Hall–Kier alpha value is -1.94. The highest BCUT2D eigenvalue weighted by molar-refractivity contribution is 6.38. The number of pyridine rings is 1. The molecule has 0 aliphatic rings. The standard InChI is InChI=1S/C18H12Cl3N3/c19-15-8-4-3-7-14(15)13-6-2-1-5-12(13)9-23-24-18-16(20)10-22-11-17(18)21/h1-8,10-11H,9H2. The maximum atomic E-state index is 6.31. The molecule has 0 saturated carbocycles. The summed E-state index contributed by atoms with van der Waals surface area (Å²) in [6.07, 6.45) is 2.97. The number of rotatable bonds is 4. The predicted molar refractivity (Wildman–Crippen MR) is 99.4 cm³/mol. The average molecular weight is 377 g/mol. The number of hydrogen-bond donors (Lipinski definition) is 0. The maximum absolute atomic E-state index is 6.31. The average Bonchev–Trinajstić information content (AvgIpc) is 2.58. The molecule has 0 atom stereocenters. The second-order valence-corrected chi connectivity index (χ2v) is 6.21. The third kappa shape index (κ3) is 3.75. The first-order valence-corrected chi connectivity index (χ1v) is 8.29. The summed E-state index contributed by atoms with van der Waals surface area (Å²) in [5, 5.41) is 9.81. The molecule has 0 N–H and O–H groups in total. The van der Waals surface area contributed by atoms with Crippen molar-refractivity contribution in [1.29, 1.82) is 0 Å². The minimum absolute atomic E-state index is 0.366. The van der Waals surface area contributed by atoms with Gasteiger partial charge in [-0.25, -0.2) is 0 Å². The van der Waals surface area contributed by atoms with Gasteiger partial charge in [-0.2, -0.15) is 10.2 Å². The number of azo groups is 1. The van der Waals surface area contributed by atoms with Crippen molar-refractivity contribution in [2.24, 2.45) is 10.2 Å². The van der Waals surface area contributed by atoms with Crippen molar-refractivity contribution >= 4 is 40.5 Å². The summed E-state index contributed by atoms with van der Waals surface area (Å²) in [7, 11) is 0. The fraction of sp³-hybridized carbons (Fsp3) is 0.0556. The first-order valence-electron chi connectivity index (χ1n) is 7.16. The molecule has 6 heteroatoms. The van der Waals surface area contributed by atoms with E-state index in [1.807, 2.05) is 48.5 Å². The first-order chi connectivity index (χ1) is 11.7. The SMILES string of the molecule is Clc1ccccc1-c1ccccc1CN=Nc1c(Cl)cncc1Cl. The van der Waals surface area contributed by atoms with Crippen LogP contribution in [0.3, 0.4) is 0 Å². The van der Waals surface area contributed by atoms with Crippen molar-refractivity contribution in [1.82, 2.24) is 4.98 Å². The van der Waals surface area contributed by atoms with Gasteiger partial charge in [0.1, 0.15) is 5.69 Å². The van der Waals surface area contributed by atoms with E-state index in [0.29, 0.717) is 27.3 Å². The van der Waals surface area contributed by atoms with Crippen LogP contribution in [-0.4, -0.2) is 4.98 Å². The van der Waals surface area contributed by atoms with E-state index in [-0.39, 0.29) is 0 Å². The number of hydrogen-bond acceptors (Lipinski definition) is 3. The maximum Gasteiger partial charge on any atom is 0.126 e. The summed E-state index contributed by atoms with van der Waals surface area (Å²) >= 11 is 18.4. The topological polar surface area (TPSA) is 37.6 Å². The van der Waals surface area contributed by atoms with Gasteiger partial charge in [0.15, 0.2) is 0 Å². The molecule has 0 bridgehead atoms. The Balaban J connectivity index is 1.90. The Morgan fingerprint density at radius 3 is 2.08 bits per heavy atom. The van der Waals surface area contributed by atoms with Gasteiger partial charge in [0, 0.05) is 23.0 Å². The summed E-state index contributed by atoms with van der Waals surface area (Å²) in [5.41, 5.74) is 3.41. The van der Waals surface area contributed by atoms with Crippen molar-refractivity contribution < 1.29 is 0 Å². The second-order valence-electron chi connectivity index (χ2n) is 4.99. The zero-order valence-electron chi connectivity index (χ0n) is 12.5. The Morgan fingerprint density at radius 2 is 1.38 bits per heavy atom. The van der Waals surface area contributed by atoms with Crippen LogP contribution in [0.4, 0.5) is 5.69 Å². The smallest absolute Gasteiger partial charge is 0.126 e. The first kappa shape index (κ1) is 16.9. The van der Waals surface area contributed by atoms with Crippen LogP contribution in [0.25, 0.3) is 11.1 Å². The zero-order valence-corrected chi connectivity index (χ0v) is 14.7. The summed E-state index contributed by atoms with van der Waals surface area (Å²) in [6, 6.07) is 15.6. The molecule has 120 valence electrons. The lowest BCUT2D eigenvalue weighted by Gasteiger charge is -2.09. The quantitative estimate of drug-likeness (QED) is 0.452. The fourth-order valence-corrected chi connectivity index (χ4v) is 2.96. The van der Waals surface area contributed by atoms with E-state index >= 15 is 0 Å². The van der Waals surface area contributed by atoms with Gasteiger partial charge in [0.2, 0.25) is 0 Å². The van der Waals surface area contributed by atoms with Crippen LogP contribution < -0.4 is 0 Å². The molecule has 0 unspecified atom stereocenters. The predicted octanol–water partition coefficient (Wildman–Crippen LogP) is 6.99.